The molecule has 1 aromatic rings. The van der Waals surface area contributed by atoms with E-state index in [0.717, 1.165) is 38.3 Å². The van der Waals surface area contributed by atoms with E-state index < -0.39 is 4.92 Å². The first-order valence-corrected chi connectivity index (χ1v) is 5.68. The number of anilines is 1. The molecule has 2 heterocycles. The normalized spacial score (nSPS) is 19.9. The van der Waals surface area contributed by atoms with Crippen LogP contribution < -0.4 is 5.32 Å². The van der Waals surface area contributed by atoms with Gasteiger partial charge in [0.2, 0.25) is 0 Å². The zero-order valence-electron chi connectivity index (χ0n) is 9.46. The average molecular weight is 237 g/mol. The summed E-state index contributed by atoms with van der Waals surface area (Å²) in [7, 11) is 0. The molecule has 1 unspecified atom stereocenters. The van der Waals surface area contributed by atoms with Gasteiger partial charge in [0.15, 0.2) is 6.20 Å². The second kappa shape index (κ2) is 5.58. The van der Waals surface area contributed by atoms with Crippen LogP contribution in [0.15, 0.2) is 18.3 Å². The Bertz CT molecular complexity index is 374. The Kier molecular flexibility index (Phi) is 3.87. The molecule has 1 aliphatic rings. The number of rotatable bonds is 4. The molecule has 2 rings (SSSR count). The van der Waals surface area contributed by atoms with Crippen molar-refractivity contribution in [2.24, 2.45) is 5.92 Å². The van der Waals surface area contributed by atoms with E-state index in [4.69, 9.17) is 4.74 Å². The molecule has 92 valence electrons. The number of nitrogens with one attached hydrogen (secondary N) is 1. The molecule has 1 fully saturated rings. The number of hydrogen-bond acceptors (Lipinski definition) is 5. The van der Waals surface area contributed by atoms with Gasteiger partial charge in [-0.05, 0) is 34.7 Å². The Morgan fingerprint density at radius 2 is 2.47 bits per heavy atom. The van der Waals surface area contributed by atoms with E-state index in [-0.39, 0.29) is 5.82 Å². The van der Waals surface area contributed by atoms with Crippen molar-refractivity contribution in [3.8, 4) is 0 Å². The molecule has 0 saturated carbocycles. The molecule has 1 N–H and O–H groups in total. The molecule has 0 aliphatic carbocycles. The molecule has 1 aliphatic heterocycles. The molecule has 0 aromatic carbocycles. The van der Waals surface area contributed by atoms with Crippen molar-refractivity contribution in [1.29, 1.82) is 0 Å². The molecular weight excluding hydrogens is 222 g/mol. The van der Waals surface area contributed by atoms with Gasteiger partial charge in [0.25, 0.3) is 0 Å². The van der Waals surface area contributed by atoms with E-state index in [1.165, 1.54) is 12.3 Å². The Morgan fingerprint density at radius 1 is 1.59 bits per heavy atom. The van der Waals surface area contributed by atoms with Crippen LogP contribution >= 0.6 is 0 Å². The third kappa shape index (κ3) is 3.39. The van der Waals surface area contributed by atoms with Crippen LogP contribution in [0.5, 0.6) is 0 Å². The first kappa shape index (κ1) is 11.8. The molecule has 0 bridgehead atoms. The number of nitro groups is 1. The minimum Gasteiger partial charge on any atom is -0.382 e. The lowest BCUT2D eigenvalue weighted by atomic mass is 10.0. The van der Waals surface area contributed by atoms with Crippen LogP contribution in [-0.2, 0) is 4.74 Å². The smallest absolute Gasteiger partial charge is 0.363 e. The summed E-state index contributed by atoms with van der Waals surface area (Å²) in [5.41, 5.74) is 0.807. The SMILES string of the molecule is O=[N+]([O-])c1ccc(NCC2CCCOC2)cn1. The lowest BCUT2D eigenvalue weighted by molar-refractivity contribution is -0.389. The summed E-state index contributed by atoms with van der Waals surface area (Å²) in [6.07, 6.45) is 3.75. The van der Waals surface area contributed by atoms with E-state index in [2.05, 4.69) is 10.3 Å². The van der Waals surface area contributed by atoms with Crippen molar-refractivity contribution in [2.75, 3.05) is 25.1 Å². The lowest BCUT2D eigenvalue weighted by Crippen LogP contribution is -2.24. The van der Waals surface area contributed by atoms with Crippen molar-refractivity contribution in [3.63, 3.8) is 0 Å². The van der Waals surface area contributed by atoms with Crippen molar-refractivity contribution in [1.82, 2.24) is 4.98 Å². The van der Waals surface area contributed by atoms with E-state index in [0.29, 0.717) is 5.92 Å². The molecule has 0 spiro atoms. The molecule has 6 nitrogen and oxygen atoms in total. The highest BCUT2D eigenvalue weighted by Gasteiger charge is 2.14. The summed E-state index contributed by atoms with van der Waals surface area (Å²) in [5.74, 6) is 0.385. The van der Waals surface area contributed by atoms with Gasteiger partial charge in [0, 0.05) is 19.2 Å². The number of hydrogen-bond donors (Lipinski definition) is 1. The fraction of sp³-hybridized carbons (Fsp3) is 0.545. The Labute approximate surface area is 99.2 Å². The summed E-state index contributed by atoms with van der Waals surface area (Å²) < 4.78 is 5.38. The molecule has 1 saturated heterocycles. The third-order valence-electron chi connectivity index (χ3n) is 2.78. The Hall–Kier alpha value is -1.69. The van der Waals surface area contributed by atoms with E-state index in [1.54, 1.807) is 6.07 Å². The van der Waals surface area contributed by atoms with Gasteiger partial charge in [0.1, 0.15) is 0 Å². The van der Waals surface area contributed by atoms with Crippen molar-refractivity contribution in [3.05, 3.63) is 28.4 Å². The minimum atomic E-state index is -0.501. The molecule has 1 aromatic heterocycles. The lowest BCUT2D eigenvalue weighted by Gasteiger charge is -2.22. The minimum absolute atomic E-state index is 0.128. The average Bonchev–Trinajstić information content (AvgIpc) is 2.38. The maximum absolute atomic E-state index is 10.4. The van der Waals surface area contributed by atoms with Crippen LogP contribution in [0.3, 0.4) is 0 Å². The molecule has 17 heavy (non-hydrogen) atoms. The van der Waals surface area contributed by atoms with Gasteiger partial charge in [-0.2, -0.15) is 0 Å². The molecule has 0 radical (unpaired) electrons. The zero-order valence-corrected chi connectivity index (χ0v) is 9.46. The zero-order chi connectivity index (χ0) is 12.1. The Balaban J connectivity index is 1.84. The van der Waals surface area contributed by atoms with Gasteiger partial charge >= 0.3 is 5.82 Å². The number of nitrogens with zero attached hydrogens (tertiary/aromatic N) is 2. The highest BCUT2D eigenvalue weighted by atomic mass is 16.6. The van der Waals surface area contributed by atoms with Crippen molar-refractivity contribution < 1.29 is 9.66 Å². The highest BCUT2D eigenvalue weighted by Crippen LogP contribution is 2.16. The number of aromatic nitrogens is 1. The van der Waals surface area contributed by atoms with Crippen LogP contribution in [0.25, 0.3) is 0 Å². The fourth-order valence-corrected chi connectivity index (χ4v) is 1.83. The summed E-state index contributed by atoms with van der Waals surface area (Å²) in [4.78, 5) is 13.7. The fourth-order valence-electron chi connectivity index (χ4n) is 1.83. The monoisotopic (exact) mass is 237 g/mol. The highest BCUT2D eigenvalue weighted by molar-refractivity contribution is 5.43. The van der Waals surface area contributed by atoms with Gasteiger partial charge in [-0.3, -0.25) is 0 Å². The van der Waals surface area contributed by atoms with E-state index in [9.17, 15) is 10.1 Å². The summed E-state index contributed by atoms with van der Waals surface area (Å²) in [5, 5.41) is 13.6. The topological polar surface area (TPSA) is 77.3 Å². The Morgan fingerprint density at radius 3 is 3.06 bits per heavy atom. The third-order valence-corrected chi connectivity index (χ3v) is 2.78. The van der Waals surface area contributed by atoms with Gasteiger partial charge in [-0.1, -0.05) is 0 Å². The molecule has 0 amide bonds. The van der Waals surface area contributed by atoms with Gasteiger partial charge < -0.3 is 20.2 Å². The second-order valence-electron chi connectivity index (χ2n) is 4.13. The van der Waals surface area contributed by atoms with Crippen LogP contribution in [0.4, 0.5) is 11.5 Å². The van der Waals surface area contributed by atoms with Gasteiger partial charge in [0.05, 0.1) is 12.3 Å². The number of ether oxygens (including phenoxy) is 1. The maximum atomic E-state index is 10.4. The van der Waals surface area contributed by atoms with Gasteiger partial charge in [-0.25, -0.2) is 0 Å². The van der Waals surface area contributed by atoms with Crippen LogP contribution in [0.2, 0.25) is 0 Å². The first-order valence-electron chi connectivity index (χ1n) is 5.68. The van der Waals surface area contributed by atoms with Crippen LogP contribution in [0, 0.1) is 16.0 Å². The van der Waals surface area contributed by atoms with E-state index >= 15 is 0 Å². The standard InChI is InChI=1S/C11H15N3O3/c15-14(16)11-4-3-10(7-13-11)12-6-9-2-1-5-17-8-9/h3-4,7,9,12H,1-2,5-6,8H2. The molecule has 6 heteroatoms. The quantitative estimate of drug-likeness (QED) is 0.638. The van der Waals surface area contributed by atoms with Crippen LogP contribution in [-0.4, -0.2) is 29.7 Å². The summed E-state index contributed by atoms with van der Waals surface area (Å²) in [6, 6.07) is 3.08. The summed E-state index contributed by atoms with van der Waals surface area (Å²) in [6.45, 7) is 2.46. The number of pyridine rings is 1. The van der Waals surface area contributed by atoms with Gasteiger partial charge in [-0.15, -0.1) is 0 Å². The van der Waals surface area contributed by atoms with Crippen molar-refractivity contribution >= 4 is 11.5 Å². The van der Waals surface area contributed by atoms with Crippen LogP contribution in [0.1, 0.15) is 12.8 Å². The predicted molar refractivity (Wildman–Crippen MR) is 62.9 cm³/mol. The summed E-state index contributed by atoms with van der Waals surface area (Å²) >= 11 is 0. The molecule has 1 atom stereocenters. The second-order valence-corrected chi connectivity index (χ2v) is 4.13. The predicted octanol–water partition coefficient (Wildman–Crippen LogP) is 1.83. The maximum Gasteiger partial charge on any atom is 0.363 e. The molecular formula is C11H15N3O3. The van der Waals surface area contributed by atoms with Crippen molar-refractivity contribution in [2.45, 2.75) is 12.8 Å². The van der Waals surface area contributed by atoms with E-state index in [1.807, 2.05) is 0 Å². The largest absolute Gasteiger partial charge is 0.382 e. The first-order chi connectivity index (χ1) is 8.25.